The molecule has 39 heteroatoms. The van der Waals surface area contributed by atoms with Crippen molar-refractivity contribution in [2.24, 2.45) is 0 Å². The van der Waals surface area contributed by atoms with Crippen molar-refractivity contribution in [3.05, 3.63) is 240 Å². The molecule has 1 aliphatic carbocycles. The number of aromatic amines is 6. The van der Waals surface area contributed by atoms with Crippen molar-refractivity contribution in [1.82, 2.24) is 71.0 Å². The van der Waals surface area contributed by atoms with Gasteiger partial charge in [-0.05, 0) is 168 Å². The van der Waals surface area contributed by atoms with Crippen LogP contribution in [-0.4, -0.2) is 139 Å². The minimum Gasteiger partial charge on any atom is -0.444 e. The largest absolute Gasteiger partial charge is 0.444 e. The molecule has 5 aliphatic heterocycles. The maximum atomic E-state index is 14.2. The Labute approximate surface area is 715 Å². The van der Waals surface area contributed by atoms with E-state index >= 15 is 0 Å². The number of aromatic nitrogens is 12. The lowest BCUT2D eigenvalue weighted by Crippen LogP contribution is -2.39. The third-order valence-corrected chi connectivity index (χ3v) is 20.6. The number of ether oxygens (including phenoxy) is 5. The number of amides is 3. The first-order chi connectivity index (χ1) is 60.2. The Bertz CT molecular complexity index is 5980. The second-order valence-electron chi connectivity index (χ2n) is 33.1. The molecular weight excluding hydrogens is 1700 g/mol. The monoisotopic (exact) mass is 1780 g/mol. The Kier molecular flexibility index (Phi) is 27.6. The minimum atomic E-state index is -1.28. The first-order valence-corrected chi connectivity index (χ1v) is 40.2. The van der Waals surface area contributed by atoms with Crippen LogP contribution in [0.25, 0.3) is 67.5 Å². The summed E-state index contributed by atoms with van der Waals surface area (Å²) in [6.45, 7) is 19.3. The first kappa shape index (κ1) is 91.9. The summed E-state index contributed by atoms with van der Waals surface area (Å²) < 4.78 is 241. The van der Waals surface area contributed by atoms with E-state index in [-0.39, 0.29) is 58.1 Å². The van der Waals surface area contributed by atoms with Crippen LogP contribution >= 0.6 is 0 Å². The lowest BCUT2D eigenvalue weighted by atomic mass is 9.94. The van der Waals surface area contributed by atoms with E-state index in [1.807, 2.05) is 0 Å². The molecule has 0 atom stereocenters. The van der Waals surface area contributed by atoms with Gasteiger partial charge in [0.15, 0.2) is 69.8 Å². The second-order valence-corrected chi connectivity index (χ2v) is 33.1. The third kappa shape index (κ3) is 21.5. The van der Waals surface area contributed by atoms with Gasteiger partial charge in [-0.3, -0.25) is 35.5 Å². The summed E-state index contributed by atoms with van der Waals surface area (Å²) in [4.78, 5) is 41.2. The second kappa shape index (κ2) is 38.2. The predicted octanol–water partition coefficient (Wildman–Crippen LogP) is 20.0. The van der Waals surface area contributed by atoms with E-state index in [1.54, 1.807) is 68.4 Å². The first-order valence-electron chi connectivity index (χ1n) is 40.2. The summed E-state index contributed by atoms with van der Waals surface area (Å²) in [5.74, 6) is -16.5. The van der Waals surface area contributed by atoms with Gasteiger partial charge in [-0.25, -0.2) is 84.6 Å². The molecule has 3 amide bonds. The third-order valence-electron chi connectivity index (χ3n) is 20.6. The van der Waals surface area contributed by atoms with Crippen molar-refractivity contribution >= 4 is 24.0 Å². The zero-order valence-electron chi connectivity index (χ0n) is 69.9. The molecule has 0 radical (unpaired) electrons. The highest BCUT2D eigenvalue weighted by Gasteiger charge is 2.36. The molecule has 0 bridgehead atoms. The summed E-state index contributed by atoms with van der Waals surface area (Å²) in [6, 6.07) is 12.8. The molecule has 23 nitrogen and oxygen atoms in total. The number of carbonyl (C=O) groups excluding carboxylic acids is 3. The van der Waals surface area contributed by atoms with Crippen molar-refractivity contribution in [1.29, 1.82) is 0 Å². The molecule has 12 aromatic rings. The Hall–Kier alpha value is -12.8. The van der Waals surface area contributed by atoms with Crippen molar-refractivity contribution < 1.29 is 108 Å². The van der Waals surface area contributed by atoms with Crippen LogP contribution in [0.3, 0.4) is 0 Å². The number of benzene rings is 6. The van der Waals surface area contributed by atoms with Crippen molar-refractivity contribution in [2.45, 2.75) is 170 Å². The van der Waals surface area contributed by atoms with Gasteiger partial charge in [0.05, 0.1) is 73.7 Å². The predicted molar refractivity (Wildman–Crippen MR) is 429 cm³/mol. The van der Waals surface area contributed by atoms with E-state index in [4.69, 9.17) is 23.7 Å². The fourth-order valence-corrected chi connectivity index (χ4v) is 14.6. The SMILES string of the molecule is CC(C)(C)OC(=O)N1CCCc2[nH]nc(-c3cc(F)c(F)cc3F)c21.CC(C)(C)OC(=O)N1CCc2[nH]nc(-c3cc(F)c(F)cc3F)c2C1.CC(C)(C)OC(=O)N1CCc2c(-c3cc(F)c(F)cc3F)n[nH]c2C1.Fc1cc(F)c(-c2n[nH]c3c2COCC3)cc1F.Fc1ccc(-c2n[nH]c3c2CCCC3)cc1F.Fc1ccc(-c2n[nH]c3c2COCC3)cc1F. The Morgan fingerprint density at radius 3 is 1.10 bits per heavy atom. The Balaban J connectivity index is 0.000000131. The molecule has 6 aromatic heterocycles. The number of H-pyrrole nitrogens is 6. The minimum absolute atomic E-state index is 0.0527. The summed E-state index contributed by atoms with van der Waals surface area (Å²) in [5, 5.41) is 41.4. The highest BCUT2D eigenvalue weighted by atomic mass is 19.2. The quantitative estimate of drug-likeness (QED) is 0.0513. The number of anilines is 1. The molecule has 0 unspecified atom stereocenters. The van der Waals surface area contributed by atoms with Crippen LogP contribution < -0.4 is 4.90 Å². The lowest BCUT2D eigenvalue weighted by molar-refractivity contribution is 0.0212. The maximum Gasteiger partial charge on any atom is 0.414 e. The summed E-state index contributed by atoms with van der Waals surface area (Å²) >= 11 is 0. The maximum absolute atomic E-state index is 14.2. The number of fused-ring (bicyclic) bond motifs is 6. The molecule has 0 spiro atoms. The van der Waals surface area contributed by atoms with Crippen LogP contribution in [0.15, 0.2) is 84.9 Å². The molecule has 18 rings (SSSR count). The summed E-state index contributed by atoms with van der Waals surface area (Å²) in [7, 11) is 0. The summed E-state index contributed by atoms with van der Waals surface area (Å²) in [6.07, 6.45) is 6.28. The number of rotatable bonds is 6. The van der Waals surface area contributed by atoms with Crippen LogP contribution in [0.5, 0.6) is 0 Å². The van der Waals surface area contributed by atoms with E-state index in [0.29, 0.717) is 153 Å². The van der Waals surface area contributed by atoms with Gasteiger partial charge >= 0.3 is 18.3 Å². The van der Waals surface area contributed by atoms with Gasteiger partial charge in [0.25, 0.3) is 0 Å². The number of nitrogens with zero attached hydrogens (tertiary/aromatic N) is 9. The zero-order chi connectivity index (χ0) is 91.4. The molecule has 127 heavy (non-hydrogen) atoms. The number of hydrogen-bond donors (Lipinski definition) is 6. The van der Waals surface area contributed by atoms with Gasteiger partial charge in [0, 0.05) is 147 Å². The molecule has 0 saturated heterocycles. The number of halogens is 16. The number of aryl methyl sites for hydroxylation is 2. The topological polar surface area (TPSA) is 279 Å². The number of hydrogen-bond acceptors (Lipinski definition) is 14. The van der Waals surface area contributed by atoms with Gasteiger partial charge in [-0.2, -0.15) is 30.6 Å². The van der Waals surface area contributed by atoms with Crippen LogP contribution in [0.4, 0.5) is 90.3 Å². The average Bonchev–Trinajstić information content (AvgIpc) is 1.66. The van der Waals surface area contributed by atoms with Gasteiger partial charge in [0.1, 0.15) is 57.2 Å². The molecular formula is C88H85F16N15O8. The van der Waals surface area contributed by atoms with Gasteiger partial charge in [-0.1, -0.05) is 0 Å². The molecule has 0 fully saturated rings. The molecule has 6 aliphatic rings. The molecule has 11 heterocycles. The van der Waals surface area contributed by atoms with E-state index in [2.05, 4.69) is 61.2 Å². The van der Waals surface area contributed by atoms with Gasteiger partial charge in [-0.15, -0.1) is 0 Å². The van der Waals surface area contributed by atoms with Crippen LogP contribution in [0.1, 0.15) is 144 Å². The van der Waals surface area contributed by atoms with Crippen molar-refractivity contribution in [2.75, 3.05) is 37.7 Å². The molecule has 6 aromatic carbocycles. The lowest BCUT2D eigenvalue weighted by Gasteiger charge is -2.30. The van der Waals surface area contributed by atoms with Crippen molar-refractivity contribution in [3.63, 3.8) is 0 Å². The smallest absolute Gasteiger partial charge is 0.414 e. The Morgan fingerprint density at radius 2 is 0.638 bits per heavy atom. The highest BCUT2D eigenvalue weighted by molar-refractivity contribution is 5.95. The molecule has 0 saturated carbocycles. The average molecular weight is 1780 g/mol. The van der Waals surface area contributed by atoms with E-state index in [1.165, 1.54) is 26.8 Å². The highest BCUT2D eigenvalue weighted by Crippen LogP contribution is 2.41. The zero-order valence-corrected chi connectivity index (χ0v) is 69.9. The van der Waals surface area contributed by atoms with Crippen LogP contribution in [0.2, 0.25) is 0 Å². The molecule has 672 valence electrons. The van der Waals surface area contributed by atoms with Gasteiger partial charge in [0.2, 0.25) is 0 Å². The normalized spacial score (nSPS) is 14.5. The fourth-order valence-electron chi connectivity index (χ4n) is 14.6. The summed E-state index contributed by atoms with van der Waals surface area (Å²) in [5.41, 5.74) is 10.2. The van der Waals surface area contributed by atoms with Crippen LogP contribution in [0, 0.1) is 93.1 Å². The standard InChI is InChI=1S/3C17H18F3N3O2.C13H12F2N2.C12H9F3N2O.C12H10F2N2O/c1-17(2,3)25-16(24)23-5-4-14-10(8-23)15(22-21-14)9-6-12(19)13(20)7-11(9)18;1-17(2,3)25-16(24)23-5-4-9-14(8-23)21-22-15(9)10-6-12(19)13(20)7-11(10)18;1-17(2,3)25-16(24)23-6-4-5-13-15(23)14(22-21-13)9-7-11(19)12(20)8-10(9)18;14-10-6-5-8(7-11(10)15)13-9-3-1-2-4-12(9)16-17-13;13-8-4-10(15)9(14)3-6(8)12-7-5-18-2-1-11(7)16-17-12;13-9-2-1-7(5-10(9)14)12-8-6-17-4-3-11(8)15-16-12/h2*6-7H,4-5,8H2,1-3H3,(H,21,22);7-8H,4-6H2,1-3H3,(H,21,22);5-7H,1-4H2,(H,16,17);3-4H,1-2,5H2,(H,16,17);1-2,5H,3-4,6H2,(H,15,16). The van der Waals surface area contributed by atoms with Gasteiger partial charge < -0.3 is 33.5 Å². The fraction of sp³-hybridized carbons (Fsp3) is 0.352. The number of nitrogens with one attached hydrogen (secondary N) is 6. The van der Waals surface area contributed by atoms with E-state index < -0.39 is 128 Å². The Morgan fingerprint density at radius 1 is 0.307 bits per heavy atom. The van der Waals surface area contributed by atoms with Crippen molar-refractivity contribution in [3.8, 4) is 67.5 Å². The van der Waals surface area contributed by atoms with E-state index in [9.17, 15) is 84.6 Å². The number of carbonyl (C=O) groups is 3. The van der Waals surface area contributed by atoms with Crippen LogP contribution in [-0.2, 0) is 94.9 Å². The van der Waals surface area contributed by atoms with E-state index in [0.717, 1.165) is 114 Å². The molecule has 6 N–H and O–H groups in total.